The van der Waals surface area contributed by atoms with Crippen LogP contribution in [0, 0.1) is 11.8 Å². The maximum Gasteiger partial charge on any atom is 0.331 e. The Morgan fingerprint density at radius 1 is 1.33 bits per heavy atom. The molecule has 0 atom stereocenters. The fourth-order valence-corrected chi connectivity index (χ4v) is 0.623. The van der Waals surface area contributed by atoms with E-state index in [1.54, 1.807) is 6.08 Å². The van der Waals surface area contributed by atoms with Gasteiger partial charge in [-0.1, -0.05) is 17.9 Å². The van der Waals surface area contributed by atoms with E-state index < -0.39 is 11.9 Å². The van der Waals surface area contributed by atoms with Crippen molar-refractivity contribution in [3.8, 4) is 11.8 Å². The number of carboxylic acids is 1. The Kier molecular flexibility index (Phi) is 7.42. The summed E-state index contributed by atoms with van der Waals surface area (Å²) in [4.78, 5) is 20.8. The SMILES string of the molecule is C=CCC#CCCOC(=O)C=CC(=O)O. The Morgan fingerprint density at radius 3 is 2.67 bits per heavy atom. The molecule has 4 heteroatoms. The van der Waals surface area contributed by atoms with Crippen LogP contribution in [0.25, 0.3) is 0 Å². The highest BCUT2D eigenvalue weighted by Crippen LogP contribution is 1.86. The van der Waals surface area contributed by atoms with Crippen LogP contribution in [-0.2, 0) is 14.3 Å². The van der Waals surface area contributed by atoms with Crippen LogP contribution in [0.5, 0.6) is 0 Å². The number of allylic oxidation sites excluding steroid dienone is 1. The van der Waals surface area contributed by atoms with Crippen molar-refractivity contribution in [3.63, 3.8) is 0 Å². The van der Waals surface area contributed by atoms with Crippen molar-refractivity contribution < 1.29 is 19.4 Å². The Morgan fingerprint density at radius 2 is 2.07 bits per heavy atom. The van der Waals surface area contributed by atoms with Crippen molar-refractivity contribution in [3.05, 3.63) is 24.8 Å². The zero-order chi connectivity index (χ0) is 11.5. The standard InChI is InChI=1S/C11H12O4/c1-2-3-4-5-6-9-15-11(14)8-7-10(12)13/h2,7-8H,1,3,6,9H2,(H,12,13). The highest BCUT2D eigenvalue weighted by atomic mass is 16.5. The van der Waals surface area contributed by atoms with E-state index in [9.17, 15) is 9.59 Å². The number of carbonyl (C=O) groups excluding carboxylic acids is 1. The number of ether oxygens (including phenoxy) is 1. The minimum Gasteiger partial charge on any atom is -0.478 e. The molecule has 0 radical (unpaired) electrons. The van der Waals surface area contributed by atoms with Gasteiger partial charge in [0, 0.05) is 25.0 Å². The van der Waals surface area contributed by atoms with Gasteiger partial charge in [0.15, 0.2) is 0 Å². The number of hydrogen-bond acceptors (Lipinski definition) is 3. The Balaban J connectivity index is 3.61. The molecule has 0 heterocycles. The van der Waals surface area contributed by atoms with Crippen LogP contribution in [0.1, 0.15) is 12.8 Å². The highest BCUT2D eigenvalue weighted by Gasteiger charge is 1.96. The summed E-state index contributed by atoms with van der Waals surface area (Å²) in [5.74, 6) is 3.69. The van der Waals surface area contributed by atoms with E-state index in [0.29, 0.717) is 12.8 Å². The van der Waals surface area contributed by atoms with Crippen molar-refractivity contribution >= 4 is 11.9 Å². The average molecular weight is 208 g/mol. The summed E-state index contributed by atoms with van der Waals surface area (Å²) in [6.07, 6.45) is 4.30. The summed E-state index contributed by atoms with van der Waals surface area (Å²) in [6.45, 7) is 3.65. The molecular formula is C11H12O4. The molecule has 0 spiro atoms. The molecule has 0 bridgehead atoms. The number of esters is 1. The second-order valence-corrected chi connectivity index (χ2v) is 2.44. The molecule has 80 valence electrons. The zero-order valence-electron chi connectivity index (χ0n) is 8.23. The fourth-order valence-electron chi connectivity index (χ4n) is 0.623. The predicted molar refractivity (Wildman–Crippen MR) is 54.9 cm³/mol. The molecule has 0 fully saturated rings. The van der Waals surface area contributed by atoms with E-state index in [1.807, 2.05) is 0 Å². The lowest BCUT2D eigenvalue weighted by molar-refractivity contribution is -0.138. The van der Waals surface area contributed by atoms with Crippen LogP contribution in [-0.4, -0.2) is 23.7 Å². The molecule has 0 rings (SSSR count). The number of aliphatic carboxylic acids is 1. The largest absolute Gasteiger partial charge is 0.478 e. The van der Waals surface area contributed by atoms with Crippen LogP contribution in [0.15, 0.2) is 24.8 Å². The minimum absolute atomic E-state index is 0.160. The van der Waals surface area contributed by atoms with Crippen molar-refractivity contribution in [2.45, 2.75) is 12.8 Å². The minimum atomic E-state index is -1.18. The number of carboxylic acid groups (broad SMARTS) is 1. The molecule has 0 aromatic rings. The maximum absolute atomic E-state index is 10.8. The van der Waals surface area contributed by atoms with Gasteiger partial charge in [-0.05, 0) is 0 Å². The van der Waals surface area contributed by atoms with Gasteiger partial charge >= 0.3 is 11.9 Å². The summed E-state index contributed by atoms with van der Waals surface area (Å²) < 4.78 is 4.66. The van der Waals surface area contributed by atoms with Crippen LogP contribution < -0.4 is 0 Å². The monoisotopic (exact) mass is 208 g/mol. The Hall–Kier alpha value is -2.02. The lowest BCUT2D eigenvalue weighted by Crippen LogP contribution is -2.02. The smallest absolute Gasteiger partial charge is 0.331 e. The predicted octanol–water partition coefficient (Wildman–Crippen LogP) is 1.14. The molecule has 0 aliphatic carbocycles. The number of hydrogen-bond donors (Lipinski definition) is 1. The zero-order valence-corrected chi connectivity index (χ0v) is 8.23. The average Bonchev–Trinajstić information content (AvgIpc) is 2.20. The molecule has 0 aromatic heterocycles. The van der Waals surface area contributed by atoms with Gasteiger partial charge in [-0.3, -0.25) is 0 Å². The highest BCUT2D eigenvalue weighted by molar-refractivity contribution is 5.90. The topological polar surface area (TPSA) is 63.6 Å². The van der Waals surface area contributed by atoms with Crippen molar-refractivity contribution in [1.82, 2.24) is 0 Å². The molecule has 4 nitrogen and oxygen atoms in total. The molecule has 1 N–H and O–H groups in total. The fraction of sp³-hybridized carbons (Fsp3) is 0.273. The molecule has 0 aliphatic heterocycles. The van der Waals surface area contributed by atoms with Crippen LogP contribution in [0.2, 0.25) is 0 Å². The van der Waals surface area contributed by atoms with Gasteiger partial charge in [0.25, 0.3) is 0 Å². The summed E-state index contributed by atoms with van der Waals surface area (Å²) in [7, 11) is 0. The summed E-state index contributed by atoms with van der Waals surface area (Å²) in [5.41, 5.74) is 0. The lowest BCUT2D eigenvalue weighted by atomic mass is 10.4. The van der Waals surface area contributed by atoms with Crippen LogP contribution in [0.3, 0.4) is 0 Å². The van der Waals surface area contributed by atoms with Gasteiger partial charge < -0.3 is 9.84 Å². The lowest BCUT2D eigenvalue weighted by Gasteiger charge is -1.95. The maximum atomic E-state index is 10.8. The van der Waals surface area contributed by atoms with Crippen molar-refractivity contribution in [2.24, 2.45) is 0 Å². The molecule has 0 unspecified atom stereocenters. The van der Waals surface area contributed by atoms with Gasteiger partial charge in [0.05, 0.1) is 0 Å². The molecule has 0 aliphatic rings. The van der Waals surface area contributed by atoms with Gasteiger partial charge in [-0.25, -0.2) is 9.59 Å². The second kappa shape index (κ2) is 8.57. The van der Waals surface area contributed by atoms with E-state index in [4.69, 9.17) is 5.11 Å². The van der Waals surface area contributed by atoms with Crippen LogP contribution >= 0.6 is 0 Å². The first-order valence-electron chi connectivity index (χ1n) is 4.31. The number of rotatable bonds is 5. The van der Waals surface area contributed by atoms with Gasteiger partial charge in [0.2, 0.25) is 0 Å². The molecule has 0 saturated carbocycles. The first-order chi connectivity index (χ1) is 7.16. The first-order valence-corrected chi connectivity index (χ1v) is 4.31. The normalized spacial score (nSPS) is 9.07. The number of carbonyl (C=O) groups is 2. The Labute approximate surface area is 88.2 Å². The quantitative estimate of drug-likeness (QED) is 0.242. The second-order valence-electron chi connectivity index (χ2n) is 2.44. The van der Waals surface area contributed by atoms with Gasteiger partial charge in [-0.2, -0.15) is 0 Å². The Bertz CT molecular complexity index is 317. The molecule has 15 heavy (non-hydrogen) atoms. The third kappa shape index (κ3) is 9.90. The molecule has 0 saturated heterocycles. The summed E-state index contributed by atoms with van der Waals surface area (Å²) in [6, 6.07) is 0. The van der Waals surface area contributed by atoms with E-state index in [-0.39, 0.29) is 6.61 Å². The summed E-state index contributed by atoms with van der Waals surface area (Å²) >= 11 is 0. The van der Waals surface area contributed by atoms with E-state index in [2.05, 4.69) is 23.2 Å². The van der Waals surface area contributed by atoms with Gasteiger partial charge in [0.1, 0.15) is 6.61 Å². The van der Waals surface area contributed by atoms with Crippen LogP contribution in [0.4, 0.5) is 0 Å². The third-order valence-corrected chi connectivity index (χ3v) is 1.20. The van der Waals surface area contributed by atoms with Gasteiger partial charge in [-0.15, -0.1) is 6.58 Å². The van der Waals surface area contributed by atoms with E-state index in [1.165, 1.54) is 0 Å². The third-order valence-electron chi connectivity index (χ3n) is 1.20. The van der Waals surface area contributed by atoms with E-state index in [0.717, 1.165) is 12.2 Å². The van der Waals surface area contributed by atoms with Crippen molar-refractivity contribution in [1.29, 1.82) is 0 Å². The first kappa shape index (κ1) is 13.0. The molecule has 0 aromatic carbocycles. The summed E-state index contributed by atoms with van der Waals surface area (Å²) in [5, 5.41) is 8.20. The molecular weight excluding hydrogens is 196 g/mol. The van der Waals surface area contributed by atoms with Crippen molar-refractivity contribution in [2.75, 3.05) is 6.61 Å². The van der Waals surface area contributed by atoms with E-state index >= 15 is 0 Å². The molecule has 0 amide bonds.